The maximum Gasteiger partial charge on any atom is 0.411 e. The fraction of sp³-hybridized carbons (Fsp3) is 0.0870. The molecule has 0 spiro atoms. The number of amides is 1. The molecule has 0 aromatic heterocycles. The Kier molecular flexibility index (Phi) is 4.71. The second-order valence-corrected chi connectivity index (χ2v) is 6.63. The summed E-state index contributed by atoms with van der Waals surface area (Å²) in [7, 11) is 0. The molecule has 1 aliphatic rings. The zero-order chi connectivity index (χ0) is 20.4. The van der Waals surface area contributed by atoms with Crippen molar-refractivity contribution < 1.29 is 19.4 Å². The maximum atomic E-state index is 12.3. The minimum absolute atomic E-state index is 0.0334. The van der Waals surface area contributed by atoms with E-state index in [1.807, 2.05) is 42.5 Å². The first-order valence-corrected chi connectivity index (χ1v) is 8.98. The highest BCUT2D eigenvalue weighted by Gasteiger charge is 2.29. The van der Waals surface area contributed by atoms with Crippen LogP contribution in [-0.2, 0) is 4.74 Å². The predicted molar refractivity (Wildman–Crippen MR) is 107 cm³/mol. The molecule has 0 radical (unpaired) electrons. The number of nitrogens with one attached hydrogen (secondary N) is 1. The van der Waals surface area contributed by atoms with Gasteiger partial charge in [-0.15, -0.1) is 0 Å². The number of hydrogen-bond donors (Lipinski definition) is 2. The van der Waals surface area contributed by atoms with Gasteiger partial charge in [-0.25, -0.2) is 9.59 Å². The van der Waals surface area contributed by atoms with Gasteiger partial charge >= 0.3 is 12.1 Å². The number of carbonyl (C=O) groups is 2. The highest BCUT2D eigenvalue weighted by Crippen LogP contribution is 2.44. The van der Waals surface area contributed by atoms with E-state index in [4.69, 9.17) is 15.1 Å². The van der Waals surface area contributed by atoms with Gasteiger partial charge in [0.1, 0.15) is 12.7 Å². The van der Waals surface area contributed by atoms with Crippen molar-refractivity contribution in [2.45, 2.75) is 5.92 Å². The molecule has 0 bridgehead atoms. The highest BCUT2D eigenvalue weighted by atomic mass is 16.5. The summed E-state index contributed by atoms with van der Waals surface area (Å²) in [6.45, 7) is 0.165. The maximum absolute atomic E-state index is 12.3. The number of anilines is 1. The molecule has 0 fully saturated rings. The Morgan fingerprint density at radius 3 is 2.21 bits per heavy atom. The fourth-order valence-corrected chi connectivity index (χ4v) is 3.65. The van der Waals surface area contributed by atoms with E-state index in [-0.39, 0.29) is 23.7 Å². The van der Waals surface area contributed by atoms with Crippen molar-refractivity contribution in [3.63, 3.8) is 0 Å². The summed E-state index contributed by atoms with van der Waals surface area (Å²) >= 11 is 0. The van der Waals surface area contributed by atoms with E-state index in [0.717, 1.165) is 22.3 Å². The molecule has 4 rings (SSSR count). The summed E-state index contributed by atoms with van der Waals surface area (Å²) in [4.78, 5) is 23.4. The molecule has 2 N–H and O–H groups in total. The number of benzene rings is 3. The summed E-state index contributed by atoms with van der Waals surface area (Å²) in [5, 5.41) is 20.7. The molecular formula is C23H16N2O4. The molecular weight excluding hydrogens is 368 g/mol. The van der Waals surface area contributed by atoms with E-state index in [1.165, 1.54) is 18.2 Å². The van der Waals surface area contributed by atoms with Crippen molar-refractivity contribution >= 4 is 17.7 Å². The Morgan fingerprint density at radius 2 is 1.62 bits per heavy atom. The van der Waals surface area contributed by atoms with Crippen LogP contribution >= 0.6 is 0 Å². The summed E-state index contributed by atoms with van der Waals surface area (Å²) in [5.41, 5.74) is 4.64. The largest absolute Gasteiger partial charge is 0.478 e. The fourth-order valence-electron chi connectivity index (χ4n) is 3.65. The zero-order valence-corrected chi connectivity index (χ0v) is 15.3. The molecule has 1 amide bonds. The molecule has 6 heteroatoms. The third kappa shape index (κ3) is 3.42. The molecule has 1 aliphatic carbocycles. The smallest absolute Gasteiger partial charge is 0.411 e. The lowest BCUT2D eigenvalue weighted by Gasteiger charge is -2.14. The van der Waals surface area contributed by atoms with Crippen LogP contribution in [0.15, 0.2) is 66.7 Å². The van der Waals surface area contributed by atoms with E-state index in [9.17, 15) is 9.59 Å². The van der Waals surface area contributed by atoms with Crippen LogP contribution in [0.25, 0.3) is 11.1 Å². The SMILES string of the molecule is N#Cc1cc(NC(=O)OCC2c3ccccc3-c3ccccc32)ccc1C(=O)O. The van der Waals surface area contributed by atoms with E-state index in [2.05, 4.69) is 17.4 Å². The van der Waals surface area contributed by atoms with E-state index in [0.29, 0.717) is 5.69 Å². The molecule has 142 valence electrons. The van der Waals surface area contributed by atoms with Crippen LogP contribution < -0.4 is 5.32 Å². The summed E-state index contributed by atoms with van der Waals surface area (Å²) < 4.78 is 5.45. The normalized spacial score (nSPS) is 11.8. The van der Waals surface area contributed by atoms with Gasteiger partial charge in [-0.05, 0) is 40.5 Å². The molecule has 0 unspecified atom stereocenters. The minimum Gasteiger partial charge on any atom is -0.478 e. The lowest BCUT2D eigenvalue weighted by Crippen LogP contribution is -2.18. The average molecular weight is 384 g/mol. The van der Waals surface area contributed by atoms with Crippen molar-refractivity contribution in [3.8, 4) is 17.2 Å². The first-order chi connectivity index (χ1) is 14.1. The van der Waals surface area contributed by atoms with Gasteiger partial charge in [0.2, 0.25) is 0 Å². The third-order valence-corrected chi connectivity index (χ3v) is 4.96. The molecule has 0 atom stereocenters. The van der Waals surface area contributed by atoms with Crippen LogP contribution in [0.1, 0.15) is 33.0 Å². The standard InChI is InChI=1S/C23H16N2O4/c24-12-14-11-15(9-10-16(14)22(26)27)25-23(28)29-13-21-19-7-3-1-5-17(19)18-6-2-4-8-20(18)21/h1-11,21H,13H2,(H,25,28)(H,26,27). The minimum atomic E-state index is -1.20. The summed E-state index contributed by atoms with van der Waals surface area (Å²) in [5.74, 6) is -1.26. The molecule has 0 heterocycles. The number of carboxylic acid groups (broad SMARTS) is 1. The number of fused-ring (bicyclic) bond motifs is 3. The Hall–Kier alpha value is -4.11. The molecule has 6 nitrogen and oxygen atoms in total. The van der Waals surface area contributed by atoms with Gasteiger partial charge < -0.3 is 9.84 Å². The van der Waals surface area contributed by atoms with Crippen LogP contribution in [0.3, 0.4) is 0 Å². The quantitative estimate of drug-likeness (QED) is 0.684. The highest BCUT2D eigenvalue weighted by molar-refractivity contribution is 5.92. The van der Waals surface area contributed by atoms with Gasteiger partial charge in [-0.1, -0.05) is 48.5 Å². The molecule has 29 heavy (non-hydrogen) atoms. The van der Waals surface area contributed by atoms with E-state index in [1.54, 1.807) is 0 Å². The number of carboxylic acids is 1. The Balaban J connectivity index is 1.48. The van der Waals surface area contributed by atoms with Crippen molar-refractivity contribution in [1.82, 2.24) is 0 Å². The lowest BCUT2D eigenvalue weighted by molar-refractivity contribution is 0.0696. The third-order valence-electron chi connectivity index (χ3n) is 4.96. The molecule has 3 aromatic carbocycles. The summed E-state index contributed by atoms with van der Waals surface area (Å²) in [6, 6.07) is 21.9. The average Bonchev–Trinajstić information content (AvgIpc) is 3.06. The Morgan fingerprint density at radius 1 is 1.00 bits per heavy atom. The van der Waals surface area contributed by atoms with Gasteiger partial charge in [-0.3, -0.25) is 5.32 Å². The number of carbonyl (C=O) groups excluding carboxylic acids is 1. The van der Waals surface area contributed by atoms with Gasteiger partial charge in [0, 0.05) is 11.6 Å². The summed E-state index contributed by atoms with van der Waals surface area (Å²) in [6.07, 6.45) is -0.668. The number of rotatable bonds is 4. The lowest BCUT2D eigenvalue weighted by atomic mass is 9.98. The van der Waals surface area contributed by atoms with Gasteiger partial charge in [0.05, 0.1) is 11.1 Å². The predicted octanol–water partition coefficient (Wildman–Crippen LogP) is 4.62. The number of nitrogens with zero attached hydrogens (tertiary/aromatic N) is 1. The van der Waals surface area contributed by atoms with Crippen LogP contribution in [0.4, 0.5) is 10.5 Å². The van der Waals surface area contributed by atoms with Crippen LogP contribution in [-0.4, -0.2) is 23.8 Å². The van der Waals surface area contributed by atoms with Crippen molar-refractivity contribution in [2.24, 2.45) is 0 Å². The van der Waals surface area contributed by atoms with Gasteiger partial charge in [0.15, 0.2) is 0 Å². The van der Waals surface area contributed by atoms with Gasteiger partial charge in [0.25, 0.3) is 0 Å². The number of ether oxygens (including phenoxy) is 1. The molecule has 0 saturated heterocycles. The topological polar surface area (TPSA) is 99.4 Å². The van der Waals surface area contributed by atoms with Crippen LogP contribution in [0.2, 0.25) is 0 Å². The van der Waals surface area contributed by atoms with Crippen LogP contribution in [0.5, 0.6) is 0 Å². The van der Waals surface area contributed by atoms with Crippen molar-refractivity contribution in [3.05, 3.63) is 89.0 Å². The monoisotopic (exact) mass is 384 g/mol. The second-order valence-electron chi connectivity index (χ2n) is 6.63. The number of nitriles is 1. The number of aromatic carboxylic acids is 1. The van der Waals surface area contributed by atoms with Crippen LogP contribution in [0, 0.1) is 11.3 Å². The van der Waals surface area contributed by atoms with E-state index >= 15 is 0 Å². The first-order valence-electron chi connectivity index (χ1n) is 8.98. The second kappa shape index (κ2) is 7.49. The molecule has 0 aliphatic heterocycles. The molecule has 3 aromatic rings. The van der Waals surface area contributed by atoms with Crippen molar-refractivity contribution in [1.29, 1.82) is 5.26 Å². The Bertz CT molecular complexity index is 1120. The Labute approximate surface area is 167 Å². The molecule has 0 saturated carbocycles. The number of hydrogen-bond acceptors (Lipinski definition) is 4. The van der Waals surface area contributed by atoms with Crippen molar-refractivity contribution in [2.75, 3.05) is 11.9 Å². The first kappa shape index (κ1) is 18.3. The van der Waals surface area contributed by atoms with E-state index < -0.39 is 12.1 Å². The van der Waals surface area contributed by atoms with Gasteiger partial charge in [-0.2, -0.15) is 5.26 Å². The zero-order valence-electron chi connectivity index (χ0n) is 15.3.